The van der Waals surface area contributed by atoms with Crippen LogP contribution in [-0.4, -0.2) is 32.4 Å². The lowest BCUT2D eigenvalue weighted by molar-refractivity contribution is -0.114. The number of anilines is 2. The molecule has 2 aromatic rings. The number of aryl methyl sites for hydroxylation is 1. The summed E-state index contributed by atoms with van der Waals surface area (Å²) in [6, 6.07) is 4.38. The summed E-state index contributed by atoms with van der Waals surface area (Å²) in [6.45, 7) is 6.59. The average Bonchev–Trinajstić information content (AvgIpc) is 2.48. The number of carbonyl (C=O) groups excluding carboxylic acids is 2. The summed E-state index contributed by atoms with van der Waals surface area (Å²) in [5, 5.41) is 9.34. The number of hydrogen-bond donors (Lipinski definition) is 2. The van der Waals surface area contributed by atoms with Gasteiger partial charge in [-0.2, -0.15) is 5.10 Å². The molecule has 2 rings (SSSR count). The minimum atomic E-state index is -0.674. The normalized spacial score (nSPS) is 11.0. The van der Waals surface area contributed by atoms with Gasteiger partial charge in [-0.05, 0) is 26.8 Å². The van der Waals surface area contributed by atoms with Crippen molar-refractivity contribution in [2.24, 2.45) is 7.05 Å². The molecule has 0 bridgehead atoms. The van der Waals surface area contributed by atoms with E-state index in [0.29, 0.717) is 16.9 Å². The van der Waals surface area contributed by atoms with Crippen molar-refractivity contribution in [2.75, 3.05) is 10.6 Å². The fourth-order valence-corrected chi connectivity index (χ4v) is 2.07. The Kier molecular flexibility index (Phi) is 5.39. The van der Waals surface area contributed by atoms with E-state index in [0.717, 1.165) is 0 Å². The lowest BCUT2D eigenvalue weighted by Crippen LogP contribution is -2.27. The van der Waals surface area contributed by atoms with Crippen LogP contribution < -0.4 is 16.2 Å². The van der Waals surface area contributed by atoms with Gasteiger partial charge in [-0.1, -0.05) is 0 Å². The van der Waals surface area contributed by atoms with Crippen LogP contribution in [0.2, 0.25) is 0 Å². The minimum Gasteiger partial charge on any atom is -0.444 e. The van der Waals surface area contributed by atoms with Gasteiger partial charge in [-0.15, -0.1) is 0 Å². The van der Waals surface area contributed by atoms with Gasteiger partial charge >= 0.3 is 6.09 Å². The van der Waals surface area contributed by atoms with Crippen LogP contribution in [0.4, 0.5) is 16.3 Å². The Morgan fingerprint density at radius 1 is 1.19 bits per heavy atom. The van der Waals surface area contributed by atoms with Gasteiger partial charge in [0.15, 0.2) is 0 Å². The molecule has 0 aromatic carbocycles. The maximum absolute atomic E-state index is 12.1. The van der Waals surface area contributed by atoms with Crippen LogP contribution in [0.15, 0.2) is 29.2 Å². The molecule has 2 heterocycles. The largest absolute Gasteiger partial charge is 0.444 e. The summed E-state index contributed by atoms with van der Waals surface area (Å²) in [6.07, 6.45) is 0.786. The zero-order chi connectivity index (χ0) is 19.5. The Hall–Kier alpha value is -3.23. The van der Waals surface area contributed by atoms with Crippen molar-refractivity contribution in [3.8, 4) is 11.3 Å². The summed E-state index contributed by atoms with van der Waals surface area (Å²) < 4.78 is 6.44. The van der Waals surface area contributed by atoms with Crippen LogP contribution in [0, 0.1) is 0 Å². The lowest BCUT2D eigenvalue weighted by atomic mass is 10.1. The van der Waals surface area contributed by atoms with E-state index < -0.39 is 11.7 Å². The van der Waals surface area contributed by atoms with Crippen molar-refractivity contribution < 1.29 is 14.3 Å². The van der Waals surface area contributed by atoms with Crippen molar-refractivity contribution in [1.82, 2.24) is 14.8 Å². The quantitative estimate of drug-likeness (QED) is 0.867. The van der Waals surface area contributed by atoms with Crippen LogP contribution in [-0.2, 0) is 16.6 Å². The molecule has 0 aliphatic carbocycles. The molecule has 138 valence electrons. The second-order valence-corrected chi connectivity index (χ2v) is 6.60. The maximum Gasteiger partial charge on any atom is 0.412 e. The highest BCUT2D eigenvalue weighted by molar-refractivity contribution is 5.93. The zero-order valence-corrected chi connectivity index (χ0v) is 15.3. The van der Waals surface area contributed by atoms with Gasteiger partial charge < -0.3 is 10.1 Å². The van der Waals surface area contributed by atoms with E-state index in [1.807, 2.05) is 0 Å². The minimum absolute atomic E-state index is 0.261. The smallest absolute Gasteiger partial charge is 0.412 e. The molecule has 2 amide bonds. The van der Waals surface area contributed by atoms with E-state index in [2.05, 4.69) is 20.7 Å². The number of aromatic nitrogens is 3. The third-order valence-corrected chi connectivity index (χ3v) is 3.08. The third kappa shape index (κ3) is 5.13. The molecule has 9 heteroatoms. The summed E-state index contributed by atoms with van der Waals surface area (Å²) in [7, 11) is 1.52. The maximum atomic E-state index is 12.1. The molecular formula is C17H21N5O4. The molecule has 2 N–H and O–H groups in total. The van der Waals surface area contributed by atoms with E-state index in [-0.39, 0.29) is 17.3 Å². The predicted octanol–water partition coefficient (Wildman–Crippen LogP) is 2.15. The Morgan fingerprint density at radius 3 is 2.46 bits per heavy atom. The number of carbonyl (C=O) groups is 2. The molecule has 0 aliphatic heterocycles. The first kappa shape index (κ1) is 19.1. The first-order chi connectivity index (χ1) is 12.0. The molecule has 0 fully saturated rings. The van der Waals surface area contributed by atoms with E-state index >= 15 is 0 Å². The number of ether oxygens (including phenoxy) is 1. The first-order valence-electron chi connectivity index (χ1n) is 7.87. The lowest BCUT2D eigenvalue weighted by Gasteiger charge is -2.20. The summed E-state index contributed by atoms with van der Waals surface area (Å²) in [5.74, 6) is -0.0363. The van der Waals surface area contributed by atoms with Gasteiger partial charge in [0.25, 0.3) is 5.56 Å². The molecule has 0 atom stereocenters. The van der Waals surface area contributed by atoms with Crippen molar-refractivity contribution in [3.05, 3.63) is 34.7 Å². The number of pyridine rings is 1. The molecule has 0 spiro atoms. The van der Waals surface area contributed by atoms with Crippen LogP contribution in [0.5, 0.6) is 0 Å². The fraction of sp³-hybridized carbons (Fsp3) is 0.353. The molecule has 26 heavy (non-hydrogen) atoms. The van der Waals surface area contributed by atoms with Crippen molar-refractivity contribution >= 4 is 23.5 Å². The SMILES string of the molecule is CC(=O)Nc1cc(NC(=O)OC(C)(C)C)c(-c2ccc(=O)n(C)n2)cn1. The number of nitrogens with zero attached hydrogens (tertiary/aromatic N) is 3. The molecule has 0 radical (unpaired) electrons. The van der Waals surface area contributed by atoms with Gasteiger partial charge in [0.05, 0.1) is 11.4 Å². The molecule has 0 aliphatic rings. The van der Waals surface area contributed by atoms with Crippen LogP contribution in [0.1, 0.15) is 27.7 Å². The zero-order valence-electron chi connectivity index (χ0n) is 15.3. The topological polar surface area (TPSA) is 115 Å². The highest BCUT2D eigenvalue weighted by atomic mass is 16.6. The van der Waals surface area contributed by atoms with Crippen molar-refractivity contribution in [3.63, 3.8) is 0 Å². The second-order valence-electron chi connectivity index (χ2n) is 6.60. The van der Waals surface area contributed by atoms with E-state index in [4.69, 9.17) is 4.74 Å². The molecular weight excluding hydrogens is 338 g/mol. The van der Waals surface area contributed by atoms with Crippen LogP contribution >= 0.6 is 0 Å². The molecule has 0 unspecified atom stereocenters. The highest BCUT2D eigenvalue weighted by Crippen LogP contribution is 2.28. The number of hydrogen-bond acceptors (Lipinski definition) is 6. The molecule has 2 aromatic heterocycles. The van der Waals surface area contributed by atoms with Gasteiger partial charge in [0, 0.05) is 37.9 Å². The van der Waals surface area contributed by atoms with Crippen molar-refractivity contribution in [2.45, 2.75) is 33.3 Å². The number of nitrogens with one attached hydrogen (secondary N) is 2. The first-order valence-corrected chi connectivity index (χ1v) is 7.87. The Labute approximate surface area is 150 Å². The van der Waals surface area contributed by atoms with Crippen LogP contribution in [0.25, 0.3) is 11.3 Å². The van der Waals surface area contributed by atoms with Crippen LogP contribution in [0.3, 0.4) is 0 Å². The van der Waals surface area contributed by atoms with Gasteiger partial charge in [-0.25, -0.2) is 14.5 Å². The number of amides is 2. The fourth-order valence-electron chi connectivity index (χ4n) is 2.07. The van der Waals surface area contributed by atoms with E-state index in [9.17, 15) is 14.4 Å². The molecule has 9 nitrogen and oxygen atoms in total. The summed E-state index contributed by atoms with van der Waals surface area (Å²) in [4.78, 5) is 39.1. The average molecular weight is 359 g/mol. The van der Waals surface area contributed by atoms with Crippen molar-refractivity contribution in [1.29, 1.82) is 0 Å². The van der Waals surface area contributed by atoms with E-state index in [1.54, 1.807) is 20.8 Å². The Morgan fingerprint density at radius 2 is 1.88 bits per heavy atom. The predicted molar refractivity (Wildman–Crippen MR) is 96.9 cm³/mol. The van der Waals surface area contributed by atoms with Gasteiger partial charge in [-0.3, -0.25) is 14.9 Å². The van der Waals surface area contributed by atoms with Gasteiger partial charge in [0.1, 0.15) is 11.4 Å². The Balaban J connectivity index is 2.45. The highest BCUT2D eigenvalue weighted by Gasteiger charge is 2.19. The third-order valence-electron chi connectivity index (χ3n) is 3.08. The summed E-state index contributed by atoms with van der Waals surface area (Å²) in [5.41, 5.74) is 0.301. The number of rotatable bonds is 3. The van der Waals surface area contributed by atoms with Gasteiger partial charge in [0.2, 0.25) is 5.91 Å². The standard InChI is InChI=1S/C17H21N5O4/c1-10(23)19-14-8-13(20-16(25)26-17(2,3)4)11(9-18-14)12-6-7-15(24)22(5)21-12/h6-9H,1-5H3,(H2,18,19,20,23,25). The second kappa shape index (κ2) is 7.34. The molecule has 0 saturated heterocycles. The summed E-state index contributed by atoms with van der Waals surface area (Å²) >= 11 is 0. The van der Waals surface area contributed by atoms with E-state index in [1.165, 1.54) is 43.0 Å². The Bertz CT molecular complexity index is 899. The molecule has 0 saturated carbocycles. The monoisotopic (exact) mass is 359 g/mol.